The lowest BCUT2D eigenvalue weighted by atomic mass is 10.2. The van der Waals surface area contributed by atoms with Gasteiger partial charge in [-0.05, 0) is 24.3 Å². The third-order valence-electron chi connectivity index (χ3n) is 2.70. The highest BCUT2D eigenvalue weighted by atomic mass is 35.5. The van der Waals surface area contributed by atoms with Crippen molar-refractivity contribution in [3.63, 3.8) is 0 Å². The van der Waals surface area contributed by atoms with E-state index in [0.29, 0.717) is 11.4 Å². The quantitative estimate of drug-likeness (QED) is 0.680. The van der Waals surface area contributed by atoms with Gasteiger partial charge in [0.1, 0.15) is 18.2 Å². The minimum atomic E-state index is -0.641. The molecule has 0 saturated heterocycles. The molecule has 0 spiro atoms. The fraction of sp³-hybridized carbons (Fsp3) is 0.133. The van der Waals surface area contributed by atoms with Crippen LogP contribution in [0.2, 0.25) is 5.02 Å². The van der Waals surface area contributed by atoms with Crippen LogP contribution in [0.15, 0.2) is 42.5 Å². The van der Waals surface area contributed by atoms with Crippen LogP contribution >= 0.6 is 11.6 Å². The average molecular weight is 310 g/mol. The Hall–Kier alpha value is -2.27. The summed E-state index contributed by atoms with van der Waals surface area (Å²) < 4.78 is 23.6. The van der Waals surface area contributed by atoms with Gasteiger partial charge in [0.15, 0.2) is 6.61 Å². The Morgan fingerprint density at radius 1 is 1.19 bits per heavy atom. The second kappa shape index (κ2) is 6.95. The number of nitrogen functional groups attached to an aromatic ring is 1. The summed E-state index contributed by atoms with van der Waals surface area (Å²) in [7, 11) is 0. The SMILES string of the molecule is Nc1ccccc1OCC(=O)OCc1c(F)cccc1Cl. The molecule has 110 valence electrons. The van der Waals surface area contributed by atoms with Crippen LogP contribution < -0.4 is 10.5 Å². The zero-order valence-corrected chi connectivity index (χ0v) is 11.8. The molecule has 2 rings (SSSR count). The molecule has 2 aromatic carbocycles. The Labute approximate surface area is 126 Å². The minimum absolute atomic E-state index is 0.131. The molecule has 2 aromatic rings. The molecule has 0 aliphatic carbocycles. The maximum absolute atomic E-state index is 13.5. The van der Waals surface area contributed by atoms with Crippen molar-refractivity contribution in [3.8, 4) is 5.75 Å². The van der Waals surface area contributed by atoms with Crippen LogP contribution in [0.1, 0.15) is 5.56 Å². The van der Waals surface area contributed by atoms with Crippen LogP contribution in [0.5, 0.6) is 5.75 Å². The first-order valence-corrected chi connectivity index (χ1v) is 6.51. The monoisotopic (exact) mass is 309 g/mol. The van der Waals surface area contributed by atoms with Gasteiger partial charge < -0.3 is 15.2 Å². The van der Waals surface area contributed by atoms with E-state index < -0.39 is 11.8 Å². The lowest BCUT2D eigenvalue weighted by Gasteiger charge is -2.09. The fourth-order valence-corrected chi connectivity index (χ4v) is 1.83. The number of carbonyl (C=O) groups excluding carboxylic acids is 1. The Morgan fingerprint density at radius 3 is 2.67 bits per heavy atom. The summed E-state index contributed by atoms with van der Waals surface area (Å²) in [4.78, 5) is 11.6. The first kappa shape index (κ1) is 15.1. The molecular weight excluding hydrogens is 297 g/mol. The molecule has 0 unspecified atom stereocenters. The zero-order chi connectivity index (χ0) is 15.2. The topological polar surface area (TPSA) is 61.5 Å². The Morgan fingerprint density at radius 2 is 1.95 bits per heavy atom. The standard InChI is InChI=1S/C15H13ClFNO3/c16-11-4-3-5-12(17)10(11)8-21-15(19)9-20-14-7-2-1-6-13(14)18/h1-7H,8-9,18H2. The molecule has 0 heterocycles. The molecule has 0 fully saturated rings. The van der Waals surface area contributed by atoms with E-state index in [1.165, 1.54) is 18.2 Å². The highest BCUT2D eigenvalue weighted by Crippen LogP contribution is 2.21. The van der Waals surface area contributed by atoms with E-state index in [9.17, 15) is 9.18 Å². The highest BCUT2D eigenvalue weighted by Gasteiger charge is 2.11. The molecule has 21 heavy (non-hydrogen) atoms. The first-order chi connectivity index (χ1) is 10.1. The van der Waals surface area contributed by atoms with Gasteiger partial charge in [0, 0.05) is 5.56 Å². The lowest BCUT2D eigenvalue weighted by molar-refractivity contribution is -0.147. The van der Waals surface area contributed by atoms with Crippen molar-refractivity contribution in [2.45, 2.75) is 6.61 Å². The molecule has 0 aliphatic rings. The lowest BCUT2D eigenvalue weighted by Crippen LogP contribution is -2.15. The number of ether oxygens (including phenoxy) is 2. The smallest absolute Gasteiger partial charge is 0.344 e. The maximum atomic E-state index is 13.5. The summed E-state index contributed by atoms with van der Waals surface area (Å²) in [6, 6.07) is 11.0. The van der Waals surface area contributed by atoms with Crippen molar-refractivity contribution in [2.24, 2.45) is 0 Å². The van der Waals surface area contributed by atoms with Crippen molar-refractivity contribution in [1.29, 1.82) is 0 Å². The number of carbonyl (C=O) groups is 1. The summed E-state index contributed by atoms with van der Waals surface area (Å²) in [6.07, 6.45) is 0. The molecule has 0 amide bonds. The van der Waals surface area contributed by atoms with Crippen LogP contribution in [0.25, 0.3) is 0 Å². The largest absolute Gasteiger partial charge is 0.480 e. The third-order valence-corrected chi connectivity index (χ3v) is 3.06. The van der Waals surface area contributed by atoms with Gasteiger partial charge in [-0.1, -0.05) is 29.8 Å². The summed E-state index contributed by atoms with van der Waals surface area (Å²) in [5.74, 6) is -0.778. The van der Waals surface area contributed by atoms with Crippen LogP contribution in [0, 0.1) is 5.82 Å². The second-order valence-electron chi connectivity index (χ2n) is 4.19. The van der Waals surface area contributed by atoms with E-state index in [1.54, 1.807) is 24.3 Å². The zero-order valence-electron chi connectivity index (χ0n) is 11.0. The molecular formula is C15H13ClFNO3. The van der Waals surface area contributed by atoms with E-state index in [0.717, 1.165) is 0 Å². The van der Waals surface area contributed by atoms with E-state index in [-0.39, 0.29) is 23.8 Å². The van der Waals surface area contributed by atoms with E-state index >= 15 is 0 Å². The van der Waals surface area contributed by atoms with Gasteiger partial charge >= 0.3 is 5.97 Å². The van der Waals surface area contributed by atoms with Crippen molar-refractivity contribution < 1.29 is 18.7 Å². The molecule has 4 nitrogen and oxygen atoms in total. The minimum Gasteiger partial charge on any atom is -0.480 e. The Bertz CT molecular complexity index is 628. The molecule has 2 N–H and O–H groups in total. The molecule has 6 heteroatoms. The van der Waals surface area contributed by atoms with Crippen molar-refractivity contribution in [3.05, 3.63) is 58.9 Å². The Kier molecular flexibility index (Phi) is 5.00. The molecule has 0 saturated carbocycles. The number of hydrogen-bond donors (Lipinski definition) is 1. The predicted octanol–water partition coefficient (Wildman–Crippen LogP) is 3.18. The van der Waals surface area contributed by atoms with Crippen molar-refractivity contribution in [2.75, 3.05) is 12.3 Å². The van der Waals surface area contributed by atoms with E-state index in [2.05, 4.69) is 0 Å². The van der Waals surface area contributed by atoms with Crippen LogP contribution in [-0.2, 0) is 16.1 Å². The third kappa shape index (κ3) is 4.10. The number of rotatable bonds is 5. The molecule has 0 aromatic heterocycles. The Balaban J connectivity index is 1.87. The molecule has 0 radical (unpaired) electrons. The van der Waals surface area contributed by atoms with Crippen LogP contribution in [0.4, 0.5) is 10.1 Å². The number of benzene rings is 2. The highest BCUT2D eigenvalue weighted by molar-refractivity contribution is 6.31. The van der Waals surface area contributed by atoms with Gasteiger partial charge in [-0.25, -0.2) is 9.18 Å². The number of halogens is 2. The number of para-hydroxylation sites is 2. The van der Waals surface area contributed by atoms with Gasteiger partial charge in [0.2, 0.25) is 0 Å². The summed E-state index contributed by atoms with van der Waals surface area (Å²) in [5, 5.41) is 0.205. The summed E-state index contributed by atoms with van der Waals surface area (Å²) in [6.45, 7) is -0.571. The normalized spacial score (nSPS) is 10.2. The number of hydrogen-bond acceptors (Lipinski definition) is 4. The van der Waals surface area contributed by atoms with Gasteiger partial charge in [0.05, 0.1) is 10.7 Å². The number of nitrogens with two attached hydrogens (primary N) is 1. The van der Waals surface area contributed by atoms with E-state index in [4.69, 9.17) is 26.8 Å². The summed E-state index contributed by atoms with van der Waals surface area (Å²) in [5.41, 5.74) is 6.22. The van der Waals surface area contributed by atoms with Gasteiger partial charge in [-0.15, -0.1) is 0 Å². The maximum Gasteiger partial charge on any atom is 0.344 e. The van der Waals surface area contributed by atoms with Crippen LogP contribution in [-0.4, -0.2) is 12.6 Å². The van der Waals surface area contributed by atoms with Gasteiger partial charge in [-0.3, -0.25) is 0 Å². The number of anilines is 1. The van der Waals surface area contributed by atoms with Crippen LogP contribution in [0.3, 0.4) is 0 Å². The molecule has 0 aliphatic heterocycles. The average Bonchev–Trinajstić information content (AvgIpc) is 2.46. The summed E-state index contributed by atoms with van der Waals surface area (Å²) >= 11 is 5.83. The van der Waals surface area contributed by atoms with Gasteiger partial charge in [-0.2, -0.15) is 0 Å². The van der Waals surface area contributed by atoms with Gasteiger partial charge in [0.25, 0.3) is 0 Å². The second-order valence-corrected chi connectivity index (χ2v) is 4.59. The van der Waals surface area contributed by atoms with E-state index in [1.807, 2.05) is 0 Å². The molecule has 0 bridgehead atoms. The number of esters is 1. The van der Waals surface area contributed by atoms with Crippen molar-refractivity contribution in [1.82, 2.24) is 0 Å². The predicted molar refractivity (Wildman–Crippen MR) is 77.6 cm³/mol. The first-order valence-electron chi connectivity index (χ1n) is 6.13. The molecule has 0 atom stereocenters. The van der Waals surface area contributed by atoms with Crippen molar-refractivity contribution >= 4 is 23.3 Å². The fourth-order valence-electron chi connectivity index (χ4n) is 1.61.